The predicted molar refractivity (Wildman–Crippen MR) is 145 cm³/mol. The Hall–Kier alpha value is -2.69. The molecule has 1 aliphatic rings. The highest BCUT2D eigenvalue weighted by Crippen LogP contribution is 2.59. The lowest BCUT2D eigenvalue weighted by atomic mass is 9.85. The van der Waals surface area contributed by atoms with Gasteiger partial charge in [-0.3, -0.25) is 14.2 Å². The zero-order chi connectivity index (χ0) is 28.6. The van der Waals surface area contributed by atoms with Crippen molar-refractivity contribution >= 4 is 40.8 Å². The van der Waals surface area contributed by atoms with Crippen LogP contribution in [0.15, 0.2) is 54.6 Å². The van der Waals surface area contributed by atoms with Crippen LogP contribution in [-0.2, 0) is 26.4 Å². The molecule has 3 aromatic rings. The van der Waals surface area contributed by atoms with Crippen molar-refractivity contribution in [1.82, 2.24) is 10.2 Å². The summed E-state index contributed by atoms with van der Waals surface area (Å²) in [5.74, 6) is -0.768. The van der Waals surface area contributed by atoms with Gasteiger partial charge in [-0.15, -0.1) is 11.3 Å². The van der Waals surface area contributed by atoms with Gasteiger partial charge in [0, 0.05) is 23.4 Å². The largest absolute Gasteiger partial charge is 0.399 e. The average molecular weight is 581 g/mol. The Labute approximate surface area is 229 Å². The monoisotopic (exact) mass is 580 g/mol. The highest BCUT2D eigenvalue weighted by Gasteiger charge is 2.50. The Bertz CT molecular complexity index is 1400. The van der Waals surface area contributed by atoms with Gasteiger partial charge >= 0.3 is 13.3 Å². The van der Waals surface area contributed by atoms with Gasteiger partial charge in [-0.25, -0.2) is 0 Å². The first-order chi connectivity index (χ1) is 18.2. The third-order valence-corrected chi connectivity index (χ3v) is 8.73. The number of fused-ring (bicyclic) bond motifs is 1. The Balaban J connectivity index is 1.46. The van der Waals surface area contributed by atoms with E-state index in [2.05, 4.69) is 5.32 Å². The number of nitrogens with zero attached hydrogens (tertiary/aromatic N) is 1. The Morgan fingerprint density at radius 2 is 1.85 bits per heavy atom. The zero-order valence-electron chi connectivity index (χ0n) is 21.8. The molecule has 0 aliphatic carbocycles. The molecule has 1 aliphatic heterocycles. The van der Waals surface area contributed by atoms with Crippen molar-refractivity contribution in [3.63, 3.8) is 0 Å². The molecule has 1 aromatic heterocycles. The summed E-state index contributed by atoms with van der Waals surface area (Å²) in [6.45, 7) is 6.89. The summed E-state index contributed by atoms with van der Waals surface area (Å²) in [4.78, 5) is 46.6. The minimum atomic E-state index is -5.73. The summed E-state index contributed by atoms with van der Waals surface area (Å²) in [5, 5.41) is 3.06. The number of nitrogens with one attached hydrogen (secondary N) is 1. The van der Waals surface area contributed by atoms with Gasteiger partial charge in [0.05, 0.1) is 17.6 Å². The van der Waals surface area contributed by atoms with E-state index in [9.17, 15) is 22.9 Å². The smallest absolute Gasteiger partial charge is 0.372 e. The molecule has 3 N–H and O–H groups in total. The second-order valence-electron chi connectivity index (χ2n) is 10.7. The Kier molecular flexibility index (Phi) is 8.31. The number of rotatable bonds is 8. The molecular formula is C27H31F2N2O6PS. The van der Waals surface area contributed by atoms with E-state index in [1.54, 1.807) is 4.90 Å². The van der Waals surface area contributed by atoms with E-state index in [1.807, 2.05) is 51.1 Å². The van der Waals surface area contributed by atoms with Gasteiger partial charge in [-0.1, -0.05) is 57.2 Å². The van der Waals surface area contributed by atoms with Crippen molar-refractivity contribution < 1.29 is 37.5 Å². The Morgan fingerprint density at radius 3 is 2.49 bits per heavy atom. The van der Waals surface area contributed by atoms with E-state index in [-0.39, 0.29) is 22.3 Å². The topological polar surface area (TPSA) is 116 Å². The number of ether oxygens (including phenoxy) is 1. The number of benzene rings is 2. The van der Waals surface area contributed by atoms with Gasteiger partial charge in [-0.2, -0.15) is 8.78 Å². The molecule has 2 heterocycles. The number of carbonyl (C=O) groups is 2. The number of hydrogen-bond donors (Lipinski definition) is 3. The van der Waals surface area contributed by atoms with E-state index in [0.29, 0.717) is 30.8 Å². The predicted octanol–water partition coefficient (Wildman–Crippen LogP) is 5.09. The Morgan fingerprint density at radius 1 is 1.15 bits per heavy atom. The zero-order valence-corrected chi connectivity index (χ0v) is 23.5. The van der Waals surface area contributed by atoms with Crippen LogP contribution in [0.3, 0.4) is 0 Å². The van der Waals surface area contributed by atoms with E-state index >= 15 is 0 Å². The SMILES string of the molecule is CC(C)(C)[C@H](NC(=O)c1cc2cc(C(F)(F)P(=O)(O)O)ccc2s1)C(=O)N1CC[C@@H](OCc2ccccc2)C1. The molecule has 0 spiro atoms. The summed E-state index contributed by atoms with van der Waals surface area (Å²) >= 11 is 1.04. The van der Waals surface area contributed by atoms with E-state index in [0.717, 1.165) is 29.0 Å². The first-order valence-electron chi connectivity index (χ1n) is 12.4. The number of carbonyl (C=O) groups excluding carboxylic acids is 2. The maximum absolute atomic E-state index is 14.2. The van der Waals surface area contributed by atoms with Crippen LogP contribution in [0, 0.1) is 5.41 Å². The molecule has 0 bridgehead atoms. The van der Waals surface area contributed by atoms with Crippen molar-refractivity contribution in [2.75, 3.05) is 13.1 Å². The van der Waals surface area contributed by atoms with Crippen LogP contribution < -0.4 is 5.32 Å². The van der Waals surface area contributed by atoms with Crippen molar-refractivity contribution in [2.24, 2.45) is 5.41 Å². The van der Waals surface area contributed by atoms with Crippen LogP contribution >= 0.6 is 18.9 Å². The first kappa shape index (κ1) is 29.3. The first-order valence-corrected chi connectivity index (χ1v) is 14.8. The van der Waals surface area contributed by atoms with Crippen molar-refractivity contribution in [1.29, 1.82) is 0 Å². The van der Waals surface area contributed by atoms with Crippen LogP contribution in [0.4, 0.5) is 8.78 Å². The highest BCUT2D eigenvalue weighted by molar-refractivity contribution is 7.52. The molecule has 2 atom stereocenters. The van der Waals surface area contributed by atoms with Crippen LogP contribution in [0.2, 0.25) is 0 Å². The normalized spacial score (nSPS) is 17.4. The second kappa shape index (κ2) is 11.1. The lowest BCUT2D eigenvalue weighted by molar-refractivity contribution is -0.135. The number of alkyl halides is 2. The molecule has 12 heteroatoms. The lowest BCUT2D eigenvalue weighted by Crippen LogP contribution is -2.54. The van der Waals surface area contributed by atoms with Crippen LogP contribution in [-0.4, -0.2) is 51.7 Å². The minimum Gasteiger partial charge on any atom is -0.372 e. The van der Waals surface area contributed by atoms with Crippen LogP contribution in [0.25, 0.3) is 10.1 Å². The van der Waals surface area contributed by atoms with Gasteiger partial charge in [0.1, 0.15) is 6.04 Å². The maximum atomic E-state index is 14.2. The molecule has 2 amide bonds. The van der Waals surface area contributed by atoms with Gasteiger partial charge in [0.15, 0.2) is 0 Å². The minimum absolute atomic E-state index is 0.117. The van der Waals surface area contributed by atoms with Crippen molar-refractivity contribution in [3.05, 3.63) is 70.6 Å². The van der Waals surface area contributed by atoms with E-state index < -0.39 is 36.2 Å². The molecule has 0 unspecified atom stereocenters. The lowest BCUT2D eigenvalue weighted by Gasteiger charge is -2.33. The van der Waals surface area contributed by atoms with Gasteiger partial charge in [0.2, 0.25) is 5.91 Å². The fourth-order valence-corrected chi connectivity index (χ4v) is 5.82. The molecule has 210 valence electrons. The standard InChI is InChI=1S/C27H31F2N2O6PS/c1-26(2,3)23(25(33)31-12-11-20(15-31)37-16-17-7-5-4-6-8-17)30-24(32)22-14-18-13-19(9-10-21(18)39-22)27(28,29)38(34,35)36/h4-10,13-14,20,23H,11-12,15-16H2,1-3H3,(H,30,32)(H2,34,35,36)/t20-,23-/m1/s1. The molecule has 4 rings (SSSR count). The molecule has 39 heavy (non-hydrogen) atoms. The molecular weight excluding hydrogens is 549 g/mol. The fraction of sp³-hybridized carbons (Fsp3) is 0.407. The van der Waals surface area contributed by atoms with Crippen molar-refractivity contribution in [3.8, 4) is 0 Å². The fourth-order valence-electron chi connectivity index (χ4n) is 4.40. The van der Waals surface area contributed by atoms with Crippen molar-refractivity contribution in [2.45, 2.75) is 51.6 Å². The van der Waals surface area contributed by atoms with Gasteiger partial charge in [0.25, 0.3) is 5.91 Å². The molecule has 8 nitrogen and oxygen atoms in total. The number of likely N-dealkylation sites (tertiary alicyclic amines) is 1. The third-order valence-electron chi connectivity index (χ3n) is 6.63. The molecule has 2 aromatic carbocycles. The summed E-state index contributed by atoms with van der Waals surface area (Å²) < 4.78 is 46.1. The maximum Gasteiger partial charge on any atom is 0.399 e. The summed E-state index contributed by atoms with van der Waals surface area (Å²) in [6.07, 6.45) is 0.565. The number of amides is 2. The molecule has 1 fully saturated rings. The number of halogens is 2. The molecule has 1 saturated heterocycles. The van der Waals surface area contributed by atoms with Gasteiger partial charge in [-0.05, 0) is 41.0 Å². The molecule has 0 radical (unpaired) electrons. The second-order valence-corrected chi connectivity index (χ2v) is 13.4. The number of thiophene rings is 1. The average Bonchev–Trinajstić information content (AvgIpc) is 3.51. The molecule has 0 saturated carbocycles. The van der Waals surface area contributed by atoms with Gasteiger partial charge < -0.3 is 24.7 Å². The summed E-state index contributed by atoms with van der Waals surface area (Å²) in [7, 11) is -5.73. The third kappa shape index (κ3) is 6.56. The quantitative estimate of drug-likeness (QED) is 0.320. The van der Waals surface area contributed by atoms with Crippen LogP contribution in [0.1, 0.15) is 48.0 Å². The van der Waals surface area contributed by atoms with E-state index in [1.165, 1.54) is 12.1 Å². The van der Waals surface area contributed by atoms with Crippen LogP contribution in [0.5, 0.6) is 0 Å². The summed E-state index contributed by atoms with van der Waals surface area (Å²) in [5.41, 5.74) is -4.77. The number of hydrogen-bond acceptors (Lipinski definition) is 5. The van der Waals surface area contributed by atoms with E-state index in [4.69, 9.17) is 14.5 Å². The summed E-state index contributed by atoms with van der Waals surface area (Å²) in [6, 6.07) is 13.5. The highest BCUT2D eigenvalue weighted by atomic mass is 32.1.